The van der Waals surface area contributed by atoms with Crippen molar-refractivity contribution in [1.29, 1.82) is 0 Å². The van der Waals surface area contributed by atoms with Crippen LogP contribution in [0.15, 0.2) is 46.0 Å². The number of rotatable bonds is 6. The second-order valence-electron chi connectivity index (χ2n) is 7.04. The first-order chi connectivity index (χ1) is 12.7. The predicted octanol–water partition coefficient (Wildman–Crippen LogP) is 4.38. The van der Waals surface area contributed by atoms with Crippen molar-refractivity contribution in [2.45, 2.75) is 32.1 Å². The zero-order valence-electron chi connectivity index (χ0n) is 14.7. The summed E-state index contributed by atoms with van der Waals surface area (Å²) in [5.74, 6) is 0.874. The van der Waals surface area contributed by atoms with E-state index in [-0.39, 0.29) is 5.78 Å². The van der Waals surface area contributed by atoms with Gasteiger partial charge in [0.25, 0.3) is 0 Å². The second-order valence-corrected chi connectivity index (χ2v) is 7.96. The summed E-state index contributed by atoms with van der Waals surface area (Å²) in [5, 5.41) is 0. The summed E-state index contributed by atoms with van der Waals surface area (Å²) in [7, 11) is 0. The molecule has 2 aliphatic heterocycles. The van der Waals surface area contributed by atoms with Gasteiger partial charge in [0.2, 0.25) is 0 Å². The van der Waals surface area contributed by atoms with Crippen LogP contribution in [-0.4, -0.2) is 41.0 Å². The molecule has 5 heteroatoms. The summed E-state index contributed by atoms with van der Waals surface area (Å²) in [6.45, 7) is 3.47. The zero-order chi connectivity index (χ0) is 17.9. The Morgan fingerprint density at radius 2 is 2.04 bits per heavy atom. The van der Waals surface area contributed by atoms with Gasteiger partial charge in [0, 0.05) is 46.9 Å². The molecule has 1 saturated heterocycles. The Morgan fingerprint density at radius 3 is 2.85 bits per heavy atom. The maximum Gasteiger partial charge on any atom is 0.167 e. The molecule has 0 aliphatic carbocycles. The van der Waals surface area contributed by atoms with Crippen LogP contribution in [0.1, 0.15) is 40.7 Å². The molecule has 0 radical (unpaired) electrons. The fourth-order valence-corrected chi connectivity index (χ4v) is 4.22. The normalized spacial score (nSPS) is 16.6. The van der Waals surface area contributed by atoms with Crippen LogP contribution in [0.25, 0.3) is 0 Å². The third kappa shape index (κ3) is 3.94. The van der Waals surface area contributed by atoms with Crippen molar-refractivity contribution in [2.75, 3.05) is 19.6 Å². The van der Waals surface area contributed by atoms with Gasteiger partial charge in [-0.3, -0.25) is 4.79 Å². The van der Waals surface area contributed by atoms with Gasteiger partial charge in [-0.2, -0.15) is 0 Å². The number of ketones is 1. The van der Waals surface area contributed by atoms with Crippen molar-refractivity contribution in [2.24, 2.45) is 4.99 Å². The molecular weight excluding hydrogens is 390 g/mol. The minimum atomic E-state index is 0.137. The van der Waals surface area contributed by atoms with Gasteiger partial charge in [0.05, 0.1) is 0 Å². The standard InChI is InChI=1S/C21H22BrN3O/c22-16-5-3-4-15(12-16)13-20(26)18-6-8-23-21-19(18)14-17(24-21)7-11-25-9-1-2-10-25/h3-6,8,12H,1-2,7,9-11,13-14H2. The van der Waals surface area contributed by atoms with E-state index in [0.717, 1.165) is 52.1 Å². The van der Waals surface area contributed by atoms with Crippen molar-refractivity contribution >= 4 is 33.2 Å². The van der Waals surface area contributed by atoms with Crippen LogP contribution >= 0.6 is 15.9 Å². The first kappa shape index (κ1) is 17.6. The highest BCUT2D eigenvalue weighted by atomic mass is 79.9. The first-order valence-corrected chi connectivity index (χ1v) is 10.0. The monoisotopic (exact) mass is 411 g/mol. The van der Waals surface area contributed by atoms with Crippen LogP contribution < -0.4 is 0 Å². The molecule has 0 atom stereocenters. The van der Waals surface area contributed by atoms with Crippen LogP contribution in [0.4, 0.5) is 5.82 Å². The number of benzene rings is 1. The van der Waals surface area contributed by atoms with Gasteiger partial charge in [0.15, 0.2) is 11.6 Å². The van der Waals surface area contributed by atoms with Gasteiger partial charge in [-0.1, -0.05) is 28.1 Å². The number of likely N-dealkylation sites (tertiary alicyclic amines) is 1. The van der Waals surface area contributed by atoms with E-state index in [1.807, 2.05) is 30.3 Å². The lowest BCUT2D eigenvalue weighted by Crippen LogP contribution is -2.22. The summed E-state index contributed by atoms with van der Waals surface area (Å²) in [6, 6.07) is 9.76. The molecule has 1 fully saturated rings. The van der Waals surface area contributed by atoms with Crippen molar-refractivity contribution in [3.8, 4) is 0 Å². The molecular formula is C21H22BrN3O. The lowest BCUT2D eigenvalue weighted by Gasteiger charge is -2.13. The molecule has 2 aliphatic rings. The maximum absolute atomic E-state index is 12.9. The number of hydrogen-bond acceptors (Lipinski definition) is 4. The number of nitrogens with zero attached hydrogens (tertiary/aromatic N) is 3. The number of aromatic nitrogens is 1. The minimum Gasteiger partial charge on any atom is -0.303 e. The van der Waals surface area contributed by atoms with Crippen LogP contribution in [0, 0.1) is 0 Å². The fraction of sp³-hybridized carbons (Fsp3) is 0.381. The van der Waals surface area contributed by atoms with E-state index in [9.17, 15) is 4.79 Å². The van der Waals surface area contributed by atoms with Crippen LogP contribution in [-0.2, 0) is 12.8 Å². The molecule has 0 bridgehead atoms. The van der Waals surface area contributed by atoms with Gasteiger partial charge in [-0.15, -0.1) is 0 Å². The van der Waals surface area contributed by atoms with Gasteiger partial charge >= 0.3 is 0 Å². The fourth-order valence-electron chi connectivity index (χ4n) is 3.77. The lowest BCUT2D eigenvalue weighted by atomic mass is 9.97. The molecule has 3 heterocycles. The summed E-state index contributed by atoms with van der Waals surface area (Å²) < 4.78 is 0.996. The van der Waals surface area contributed by atoms with Gasteiger partial charge < -0.3 is 4.90 Å². The molecule has 134 valence electrons. The molecule has 2 aromatic rings. The van der Waals surface area contributed by atoms with Crippen molar-refractivity contribution in [3.63, 3.8) is 0 Å². The number of fused-ring (bicyclic) bond motifs is 1. The molecule has 0 unspecified atom stereocenters. The van der Waals surface area contributed by atoms with E-state index in [1.54, 1.807) is 6.20 Å². The number of aliphatic imine (C=N–C) groups is 1. The number of halogens is 1. The topological polar surface area (TPSA) is 45.6 Å². The molecule has 0 saturated carbocycles. The van der Waals surface area contributed by atoms with Gasteiger partial charge in [-0.05, 0) is 56.1 Å². The summed E-state index contributed by atoms with van der Waals surface area (Å²) in [4.78, 5) is 24.4. The number of carbonyl (C=O) groups is 1. The van der Waals surface area contributed by atoms with E-state index in [1.165, 1.54) is 25.9 Å². The Kier molecular flexibility index (Phi) is 5.27. The minimum absolute atomic E-state index is 0.137. The highest BCUT2D eigenvalue weighted by molar-refractivity contribution is 9.10. The van der Waals surface area contributed by atoms with Crippen LogP contribution in [0.2, 0.25) is 0 Å². The van der Waals surface area contributed by atoms with E-state index in [2.05, 4.69) is 25.8 Å². The van der Waals surface area contributed by atoms with Crippen molar-refractivity contribution in [1.82, 2.24) is 9.88 Å². The second kappa shape index (κ2) is 7.80. The molecule has 0 amide bonds. The smallest absolute Gasteiger partial charge is 0.167 e. The van der Waals surface area contributed by atoms with E-state index < -0.39 is 0 Å². The van der Waals surface area contributed by atoms with E-state index in [4.69, 9.17) is 4.99 Å². The average Bonchev–Trinajstić information content (AvgIpc) is 3.28. The number of carbonyl (C=O) groups excluding carboxylic acids is 1. The molecule has 4 rings (SSSR count). The summed E-state index contributed by atoms with van der Waals surface area (Å²) in [5.41, 5.74) is 3.95. The van der Waals surface area contributed by atoms with Crippen molar-refractivity contribution < 1.29 is 4.79 Å². The zero-order valence-corrected chi connectivity index (χ0v) is 16.3. The largest absolute Gasteiger partial charge is 0.303 e. The van der Waals surface area contributed by atoms with E-state index >= 15 is 0 Å². The van der Waals surface area contributed by atoms with E-state index in [0.29, 0.717) is 6.42 Å². The highest BCUT2D eigenvalue weighted by Crippen LogP contribution is 2.29. The quantitative estimate of drug-likeness (QED) is 0.662. The third-order valence-corrected chi connectivity index (χ3v) is 5.64. The number of hydrogen-bond donors (Lipinski definition) is 0. The highest BCUT2D eigenvalue weighted by Gasteiger charge is 2.23. The van der Waals surface area contributed by atoms with Crippen LogP contribution in [0.3, 0.4) is 0 Å². The molecule has 0 spiro atoms. The maximum atomic E-state index is 12.9. The molecule has 0 N–H and O–H groups in total. The number of pyridine rings is 1. The first-order valence-electron chi connectivity index (χ1n) is 9.23. The Labute approximate surface area is 162 Å². The van der Waals surface area contributed by atoms with Gasteiger partial charge in [0.1, 0.15) is 0 Å². The predicted molar refractivity (Wildman–Crippen MR) is 108 cm³/mol. The summed E-state index contributed by atoms with van der Waals surface area (Å²) in [6.07, 6.45) is 6.45. The molecule has 4 nitrogen and oxygen atoms in total. The average molecular weight is 412 g/mol. The van der Waals surface area contributed by atoms with Crippen molar-refractivity contribution in [3.05, 3.63) is 57.7 Å². The molecule has 1 aromatic heterocycles. The van der Waals surface area contributed by atoms with Crippen LogP contribution in [0.5, 0.6) is 0 Å². The van der Waals surface area contributed by atoms with Gasteiger partial charge in [-0.25, -0.2) is 9.98 Å². The Hall–Kier alpha value is -1.85. The lowest BCUT2D eigenvalue weighted by molar-refractivity contribution is 0.0992. The summed E-state index contributed by atoms with van der Waals surface area (Å²) >= 11 is 3.47. The number of Topliss-reactive ketones (excluding diaryl/α,β-unsaturated/α-hetero) is 1. The SMILES string of the molecule is O=C(Cc1cccc(Br)c1)c1ccnc2c1CC(CCN1CCCC1)=N2. The third-order valence-electron chi connectivity index (χ3n) is 5.15. The Morgan fingerprint density at radius 1 is 1.19 bits per heavy atom. The molecule has 1 aromatic carbocycles. The molecule has 26 heavy (non-hydrogen) atoms. The Bertz CT molecular complexity index is 856. The Balaban J connectivity index is 1.45.